The third kappa shape index (κ3) is 5.19. The molecule has 6 nitrogen and oxygen atoms in total. The van der Waals surface area contributed by atoms with Gasteiger partial charge in [0.25, 0.3) is 0 Å². The summed E-state index contributed by atoms with van der Waals surface area (Å²) in [5.74, 6) is 1.51. The fourth-order valence-corrected chi connectivity index (χ4v) is 3.18. The Labute approximate surface area is 165 Å². The first-order valence-corrected chi connectivity index (χ1v) is 9.03. The summed E-state index contributed by atoms with van der Waals surface area (Å²) in [7, 11) is 3.09. The maximum Gasteiger partial charge on any atom is 0.243 e. The maximum absolute atomic E-state index is 12.3. The van der Waals surface area contributed by atoms with E-state index >= 15 is 0 Å². The molecule has 8 heteroatoms. The molecule has 0 saturated carbocycles. The first kappa shape index (κ1) is 20.2. The van der Waals surface area contributed by atoms with Crippen LogP contribution >= 0.6 is 27.5 Å². The SMILES string of the molecule is CCOc1c(Br)cc(Cl)cc1NCC(=O)Nc1ccc(OC)cc1OC. The molecule has 0 atom stereocenters. The molecule has 0 heterocycles. The Hall–Kier alpha value is -2.12. The van der Waals surface area contributed by atoms with Gasteiger partial charge in [-0.15, -0.1) is 0 Å². The zero-order valence-electron chi connectivity index (χ0n) is 14.7. The van der Waals surface area contributed by atoms with E-state index in [1.165, 1.54) is 7.11 Å². The summed E-state index contributed by atoms with van der Waals surface area (Å²) in [6.45, 7) is 2.40. The van der Waals surface area contributed by atoms with Crippen LogP contribution in [0.4, 0.5) is 11.4 Å². The van der Waals surface area contributed by atoms with E-state index in [-0.39, 0.29) is 12.5 Å². The van der Waals surface area contributed by atoms with Crippen LogP contribution in [-0.4, -0.2) is 33.3 Å². The van der Waals surface area contributed by atoms with E-state index in [4.69, 9.17) is 25.8 Å². The molecule has 140 valence electrons. The van der Waals surface area contributed by atoms with Crippen LogP contribution in [0.15, 0.2) is 34.8 Å². The number of halogens is 2. The highest BCUT2D eigenvalue weighted by Gasteiger charge is 2.13. The van der Waals surface area contributed by atoms with E-state index in [2.05, 4.69) is 26.6 Å². The van der Waals surface area contributed by atoms with Gasteiger partial charge in [-0.05, 0) is 47.1 Å². The highest BCUT2D eigenvalue weighted by Crippen LogP contribution is 2.36. The molecule has 2 aromatic rings. The highest BCUT2D eigenvalue weighted by atomic mass is 79.9. The minimum absolute atomic E-state index is 0.0298. The van der Waals surface area contributed by atoms with E-state index in [1.807, 2.05) is 6.92 Å². The topological polar surface area (TPSA) is 68.8 Å². The van der Waals surface area contributed by atoms with Crippen LogP contribution < -0.4 is 24.8 Å². The molecular formula is C18H20BrClN2O4. The average Bonchev–Trinajstić information content (AvgIpc) is 2.62. The summed E-state index contributed by atoms with van der Waals surface area (Å²) in [4.78, 5) is 12.3. The normalized spacial score (nSPS) is 10.2. The van der Waals surface area contributed by atoms with Gasteiger partial charge < -0.3 is 24.8 Å². The second-order valence-corrected chi connectivity index (χ2v) is 6.46. The molecule has 0 unspecified atom stereocenters. The number of anilines is 2. The van der Waals surface area contributed by atoms with Crippen LogP contribution in [0.25, 0.3) is 0 Å². The first-order valence-electron chi connectivity index (χ1n) is 7.86. The number of nitrogens with one attached hydrogen (secondary N) is 2. The van der Waals surface area contributed by atoms with E-state index < -0.39 is 0 Å². The fourth-order valence-electron chi connectivity index (χ4n) is 2.25. The minimum atomic E-state index is -0.244. The van der Waals surface area contributed by atoms with Crippen LogP contribution in [0.1, 0.15) is 6.92 Å². The smallest absolute Gasteiger partial charge is 0.243 e. The van der Waals surface area contributed by atoms with Crippen molar-refractivity contribution >= 4 is 44.8 Å². The molecule has 0 aromatic heterocycles. The lowest BCUT2D eigenvalue weighted by Crippen LogP contribution is -2.22. The summed E-state index contributed by atoms with van der Waals surface area (Å²) in [6, 6.07) is 8.60. The number of methoxy groups -OCH3 is 2. The molecule has 2 rings (SSSR count). The third-order valence-corrected chi connectivity index (χ3v) is 4.23. The van der Waals surface area contributed by atoms with Gasteiger partial charge in [-0.3, -0.25) is 4.79 Å². The minimum Gasteiger partial charge on any atom is -0.497 e. The lowest BCUT2D eigenvalue weighted by atomic mass is 10.2. The van der Waals surface area contributed by atoms with E-state index in [1.54, 1.807) is 37.4 Å². The quantitative estimate of drug-likeness (QED) is 0.625. The Balaban J connectivity index is 2.08. The monoisotopic (exact) mass is 442 g/mol. The van der Waals surface area contributed by atoms with Gasteiger partial charge in [0.15, 0.2) is 5.75 Å². The Kier molecular flexibility index (Phi) is 7.41. The van der Waals surface area contributed by atoms with Crippen molar-refractivity contribution in [2.45, 2.75) is 6.92 Å². The van der Waals surface area contributed by atoms with Crippen molar-refractivity contribution in [3.8, 4) is 17.2 Å². The van der Waals surface area contributed by atoms with Crippen molar-refractivity contribution < 1.29 is 19.0 Å². The molecule has 0 aliphatic heterocycles. The predicted molar refractivity (Wildman–Crippen MR) is 107 cm³/mol. The molecule has 1 amide bonds. The van der Waals surface area contributed by atoms with Gasteiger partial charge >= 0.3 is 0 Å². The van der Waals surface area contributed by atoms with Crippen LogP contribution in [0, 0.1) is 0 Å². The van der Waals surface area contributed by atoms with Crippen molar-refractivity contribution in [1.29, 1.82) is 0 Å². The number of amides is 1. The average molecular weight is 444 g/mol. The van der Waals surface area contributed by atoms with Crippen molar-refractivity contribution in [3.63, 3.8) is 0 Å². The van der Waals surface area contributed by atoms with Gasteiger partial charge in [0.1, 0.15) is 11.5 Å². The number of carbonyl (C=O) groups is 1. The summed E-state index contributed by atoms with van der Waals surface area (Å²) in [5, 5.41) is 6.37. The second kappa shape index (κ2) is 9.54. The zero-order valence-corrected chi connectivity index (χ0v) is 17.0. The number of hydrogen-bond donors (Lipinski definition) is 2. The zero-order chi connectivity index (χ0) is 19.1. The molecule has 0 saturated heterocycles. The molecule has 26 heavy (non-hydrogen) atoms. The van der Waals surface area contributed by atoms with Crippen molar-refractivity contribution in [1.82, 2.24) is 0 Å². The molecule has 0 aliphatic carbocycles. The summed E-state index contributed by atoms with van der Waals surface area (Å²) < 4.78 is 16.7. The van der Waals surface area contributed by atoms with Gasteiger partial charge in [0, 0.05) is 11.1 Å². The second-order valence-electron chi connectivity index (χ2n) is 5.17. The highest BCUT2D eigenvalue weighted by molar-refractivity contribution is 9.10. The lowest BCUT2D eigenvalue weighted by molar-refractivity contribution is -0.114. The molecular weight excluding hydrogens is 424 g/mol. The summed E-state index contributed by atoms with van der Waals surface area (Å²) >= 11 is 9.49. The molecule has 0 fully saturated rings. The van der Waals surface area contributed by atoms with E-state index in [0.29, 0.717) is 44.7 Å². The summed E-state index contributed by atoms with van der Waals surface area (Å²) in [6.07, 6.45) is 0. The Morgan fingerprint density at radius 1 is 1.15 bits per heavy atom. The first-order chi connectivity index (χ1) is 12.5. The van der Waals surface area contributed by atoms with Crippen LogP contribution in [0.2, 0.25) is 5.02 Å². The molecule has 0 spiro atoms. The molecule has 0 radical (unpaired) electrons. The van der Waals surface area contributed by atoms with Gasteiger partial charge in [0.2, 0.25) is 5.91 Å². The summed E-state index contributed by atoms with van der Waals surface area (Å²) in [5.41, 5.74) is 1.18. The van der Waals surface area contributed by atoms with Crippen molar-refractivity contribution in [2.75, 3.05) is 38.0 Å². The van der Waals surface area contributed by atoms with Crippen LogP contribution in [0.5, 0.6) is 17.2 Å². The number of benzene rings is 2. The van der Waals surface area contributed by atoms with Crippen molar-refractivity contribution in [2.24, 2.45) is 0 Å². The van der Waals surface area contributed by atoms with Gasteiger partial charge in [-0.25, -0.2) is 0 Å². The molecule has 0 bridgehead atoms. The Morgan fingerprint density at radius 2 is 1.92 bits per heavy atom. The predicted octanol–water partition coefficient (Wildman–Crippen LogP) is 4.57. The lowest BCUT2D eigenvalue weighted by Gasteiger charge is -2.15. The number of ether oxygens (including phenoxy) is 3. The van der Waals surface area contributed by atoms with E-state index in [0.717, 1.165) is 0 Å². The van der Waals surface area contributed by atoms with E-state index in [9.17, 15) is 4.79 Å². The van der Waals surface area contributed by atoms with Gasteiger partial charge in [0.05, 0.1) is 43.2 Å². The Bertz CT molecular complexity index is 786. The van der Waals surface area contributed by atoms with Crippen molar-refractivity contribution in [3.05, 3.63) is 39.8 Å². The maximum atomic E-state index is 12.3. The largest absolute Gasteiger partial charge is 0.497 e. The van der Waals surface area contributed by atoms with Crippen LogP contribution in [0.3, 0.4) is 0 Å². The fraction of sp³-hybridized carbons (Fsp3) is 0.278. The number of hydrogen-bond acceptors (Lipinski definition) is 5. The third-order valence-electron chi connectivity index (χ3n) is 3.42. The molecule has 0 aliphatic rings. The van der Waals surface area contributed by atoms with Gasteiger partial charge in [-0.1, -0.05) is 11.6 Å². The Morgan fingerprint density at radius 3 is 2.58 bits per heavy atom. The van der Waals surface area contributed by atoms with Gasteiger partial charge in [-0.2, -0.15) is 0 Å². The molecule has 2 aromatic carbocycles. The standard InChI is InChI=1S/C18H20BrClN2O4/c1-4-26-18-13(19)7-11(20)8-15(18)21-10-17(23)22-14-6-5-12(24-2)9-16(14)25-3/h5-9,21H,4,10H2,1-3H3,(H,22,23). The number of carbonyl (C=O) groups excluding carboxylic acids is 1. The van der Waals surface area contributed by atoms with Crippen LogP contribution in [-0.2, 0) is 4.79 Å². The number of rotatable bonds is 8. The molecule has 2 N–H and O–H groups in total.